The topological polar surface area (TPSA) is 154 Å². The van der Waals surface area contributed by atoms with Crippen LogP contribution in [-0.2, 0) is 0 Å². The molecule has 0 saturated carbocycles. The van der Waals surface area contributed by atoms with Crippen LogP contribution in [0, 0.1) is 5.41 Å². The van der Waals surface area contributed by atoms with Gasteiger partial charge in [0.1, 0.15) is 5.84 Å². The Labute approximate surface area is 179 Å². The molecule has 0 saturated heterocycles. The van der Waals surface area contributed by atoms with Crippen molar-refractivity contribution in [1.29, 1.82) is 5.41 Å². The number of aliphatic imine (C=N–C) groups is 2. The Bertz CT molecular complexity index is 1240. The summed E-state index contributed by atoms with van der Waals surface area (Å²) in [5.74, 6) is 1.53. The van der Waals surface area contributed by atoms with Crippen molar-refractivity contribution in [2.75, 3.05) is 11.9 Å². The molecule has 0 fully saturated rings. The molecular weight excluding hydrogens is 388 g/mol. The van der Waals surface area contributed by atoms with Crippen LogP contribution >= 0.6 is 0 Å². The highest BCUT2D eigenvalue weighted by Gasteiger charge is 2.13. The molecule has 8 heteroatoms. The molecule has 2 aromatic carbocycles. The third kappa shape index (κ3) is 4.18. The molecule has 0 unspecified atom stereocenters. The van der Waals surface area contributed by atoms with E-state index in [9.17, 15) is 0 Å². The van der Waals surface area contributed by atoms with E-state index in [0.717, 1.165) is 45.7 Å². The number of fused-ring (bicyclic) bond motifs is 1. The summed E-state index contributed by atoms with van der Waals surface area (Å²) in [6, 6.07) is 15.7. The number of nitrogens with one attached hydrogen (secondary N) is 3. The van der Waals surface area contributed by atoms with Crippen LogP contribution in [0.1, 0.15) is 23.2 Å². The maximum Gasteiger partial charge on any atom is 0.156 e. The molecule has 0 bridgehead atoms. The van der Waals surface area contributed by atoms with E-state index < -0.39 is 0 Å². The van der Waals surface area contributed by atoms with Crippen LogP contribution in [-0.4, -0.2) is 29.4 Å². The Balaban J connectivity index is 1.55. The van der Waals surface area contributed by atoms with Crippen LogP contribution in [0.3, 0.4) is 0 Å². The second-order valence-corrected chi connectivity index (χ2v) is 7.09. The number of aromatic amines is 1. The van der Waals surface area contributed by atoms with Crippen LogP contribution in [0.25, 0.3) is 22.2 Å². The zero-order chi connectivity index (χ0) is 21.8. The Morgan fingerprint density at radius 2 is 1.87 bits per heavy atom. The molecule has 1 aliphatic heterocycles. The standard InChI is InChI=1S/C23H24N8/c24-11-17(12-25)14-3-5-18(6-4-14)29-22-7-8-28-23(31-22)16-2-1-15-9-21(19(27)13-26)30-20(15)10-16/h1-6,9-13,24,30H,7-8,25-27H2,(H,28,29,31)/b17-12?,19-13-,24-11?. The summed E-state index contributed by atoms with van der Waals surface area (Å²) >= 11 is 0. The fourth-order valence-corrected chi connectivity index (χ4v) is 3.38. The van der Waals surface area contributed by atoms with Gasteiger partial charge in [-0.25, -0.2) is 4.99 Å². The number of hydrogen-bond donors (Lipinski definition) is 6. The molecule has 0 radical (unpaired) electrons. The number of anilines is 1. The Morgan fingerprint density at radius 3 is 2.58 bits per heavy atom. The Kier molecular flexibility index (Phi) is 5.53. The van der Waals surface area contributed by atoms with Gasteiger partial charge in [-0.3, -0.25) is 4.99 Å². The van der Waals surface area contributed by atoms with E-state index in [1.165, 1.54) is 18.6 Å². The van der Waals surface area contributed by atoms with E-state index in [0.29, 0.717) is 23.7 Å². The number of amidine groups is 2. The highest BCUT2D eigenvalue weighted by Crippen LogP contribution is 2.22. The number of nitrogens with two attached hydrogens (primary N) is 3. The minimum absolute atomic E-state index is 0.498. The van der Waals surface area contributed by atoms with E-state index in [2.05, 4.69) is 15.3 Å². The first-order valence-corrected chi connectivity index (χ1v) is 9.84. The third-order valence-corrected chi connectivity index (χ3v) is 5.06. The van der Waals surface area contributed by atoms with Crippen LogP contribution in [0.4, 0.5) is 5.69 Å². The van der Waals surface area contributed by atoms with E-state index in [-0.39, 0.29) is 0 Å². The first-order valence-electron chi connectivity index (χ1n) is 9.84. The fourth-order valence-electron chi connectivity index (χ4n) is 3.38. The number of hydrogen-bond acceptors (Lipinski definition) is 7. The van der Waals surface area contributed by atoms with E-state index in [4.69, 9.17) is 27.6 Å². The van der Waals surface area contributed by atoms with Gasteiger partial charge in [0.2, 0.25) is 0 Å². The number of H-pyrrole nitrogens is 1. The Hall–Kier alpha value is -4.33. The van der Waals surface area contributed by atoms with Crippen molar-refractivity contribution < 1.29 is 0 Å². The largest absolute Gasteiger partial charge is 0.404 e. The van der Waals surface area contributed by atoms with Gasteiger partial charge >= 0.3 is 0 Å². The van der Waals surface area contributed by atoms with E-state index >= 15 is 0 Å². The van der Waals surface area contributed by atoms with Crippen molar-refractivity contribution in [2.45, 2.75) is 6.42 Å². The minimum Gasteiger partial charge on any atom is -0.404 e. The van der Waals surface area contributed by atoms with E-state index in [1.54, 1.807) is 0 Å². The zero-order valence-electron chi connectivity index (χ0n) is 16.9. The smallest absolute Gasteiger partial charge is 0.156 e. The van der Waals surface area contributed by atoms with E-state index in [1.807, 2.05) is 48.5 Å². The molecule has 8 nitrogen and oxygen atoms in total. The number of allylic oxidation sites excluding steroid dienone is 1. The SMILES string of the molecule is N=CC(=CN)c1ccc(NC2=NC(c3ccc4cc(/C(N)=C/N)[nH]c4c3)=NCC2)cc1. The molecule has 0 amide bonds. The normalized spacial score (nSPS) is 14.8. The van der Waals surface area contributed by atoms with Crippen molar-refractivity contribution in [2.24, 2.45) is 27.2 Å². The van der Waals surface area contributed by atoms with Crippen molar-refractivity contribution in [3.8, 4) is 0 Å². The van der Waals surface area contributed by atoms with Gasteiger partial charge in [-0.15, -0.1) is 0 Å². The number of benzene rings is 2. The van der Waals surface area contributed by atoms with Crippen molar-refractivity contribution in [1.82, 2.24) is 4.98 Å². The number of rotatable bonds is 5. The molecule has 4 rings (SSSR count). The summed E-state index contributed by atoms with van der Waals surface area (Å²) in [6.07, 6.45) is 4.77. The zero-order valence-corrected chi connectivity index (χ0v) is 16.9. The van der Waals surface area contributed by atoms with Crippen molar-refractivity contribution in [3.63, 3.8) is 0 Å². The maximum atomic E-state index is 7.40. The van der Waals surface area contributed by atoms with Gasteiger partial charge in [0.05, 0.1) is 11.4 Å². The summed E-state index contributed by atoms with van der Waals surface area (Å²) < 4.78 is 0. The van der Waals surface area contributed by atoms with Crippen molar-refractivity contribution >= 4 is 45.7 Å². The quantitative estimate of drug-likeness (QED) is 0.356. The molecule has 1 aromatic heterocycles. The molecule has 156 valence electrons. The van der Waals surface area contributed by atoms with Gasteiger partial charge in [-0.2, -0.15) is 0 Å². The second kappa shape index (κ2) is 8.58. The predicted molar refractivity (Wildman–Crippen MR) is 129 cm³/mol. The molecule has 0 aliphatic carbocycles. The van der Waals surface area contributed by atoms with Gasteiger partial charge in [0.15, 0.2) is 5.84 Å². The predicted octanol–water partition coefficient (Wildman–Crippen LogP) is 2.99. The molecular formula is C23H24N8. The first kappa shape index (κ1) is 20.0. The second-order valence-electron chi connectivity index (χ2n) is 7.09. The van der Waals surface area contributed by atoms with Gasteiger partial charge in [-0.05, 0) is 29.8 Å². The summed E-state index contributed by atoms with van der Waals surface area (Å²) in [6.45, 7) is 0.657. The van der Waals surface area contributed by atoms with Crippen LogP contribution in [0.5, 0.6) is 0 Å². The molecule has 9 N–H and O–H groups in total. The molecule has 31 heavy (non-hydrogen) atoms. The molecule has 0 spiro atoms. The maximum absolute atomic E-state index is 7.40. The summed E-state index contributed by atoms with van der Waals surface area (Å²) in [5.41, 5.74) is 22.6. The average molecular weight is 413 g/mol. The van der Waals surface area contributed by atoms with Gasteiger partial charge in [0.25, 0.3) is 0 Å². The molecule has 1 aliphatic rings. The summed E-state index contributed by atoms with van der Waals surface area (Å²) in [5, 5.41) is 11.8. The first-order chi connectivity index (χ1) is 15.1. The lowest BCUT2D eigenvalue weighted by Gasteiger charge is -2.15. The summed E-state index contributed by atoms with van der Waals surface area (Å²) in [7, 11) is 0. The van der Waals surface area contributed by atoms with Crippen molar-refractivity contribution in [3.05, 3.63) is 77.8 Å². The monoisotopic (exact) mass is 412 g/mol. The van der Waals surface area contributed by atoms with Gasteiger partial charge in [0, 0.05) is 59.3 Å². The van der Waals surface area contributed by atoms with Gasteiger partial charge in [-0.1, -0.05) is 24.3 Å². The highest BCUT2D eigenvalue weighted by atomic mass is 15.1. The van der Waals surface area contributed by atoms with Crippen LogP contribution in [0.2, 0.25) is 0 Å². The number of aromatic nitrogens is 1. The Morgan fingerprint density at radius 1 is 1.06 bits per heavy atom. The van der Waals surface area contributed by atoms with Crippen LogP contribution in [0.15, 0.2) is 70.9 Å². The lowest BCUT2D eigenvalue weighted by Crippen LogP contribution is -2.20. The summed E-state index contributed by atoms with van der Waals surface area (Å²) in [4.78, 5) is 12.6. The average Bonchev–Trinajstić information content (AvgIpc) is 3.24. The number of nitrogens with zero attached hydrogens (tertiary/aromatic N) is 2. The molecule has 0 atom stereocenters. The minimum atomic E-state index is 0.498. The molecule has 2 heterocycles. The van der Waals surface area contributed by atoms with Crippen LogP contribution < -0.4 is 22.5 Å². The fraction of sp³-hybridized carbons (Fsp3) is 0.0870. The molecule has 3 aromatic rings. The van der Waals surface area contributed by atoms with Gasteiger partial charge < -0.3 is 32.9 Å². The lowest BCUT2D eigenvalue weighted by molar-refractivity contribution is 1.01. The highest BCUT2D eigenvalue weighted by molar-refractivity contribution is 6.12. The third-order valence-electron chi connectivity index (χ3n) is 5.06. The lowest BCUT2D eigenvalue weighted by atomic mass is 10.1.